The van der Waals surface area contributed by atoms with Gasteiger partial charge in [-0.1, -0.05) is 0 Å². The Kier molecular flexibility index (Phi) is 2.08. The molecule has 1 rings (SSSR count). The first-order valence-corrected chi connectivity index (χ1v) is 2.99. The number of carbonyl (C=O) groups is 1. The summed E-state index contributed by atoms with van der Waals surface area (Å²) in [6, 6.07) is 0. The summed E-state index contributed by atoms with van der Waals surface area (Å²) in [5.74, 6) is 0. The summed E-state index contributed by atoms with van der Waals surface area (Å²) >= 11 is 0. The van der Waals surface area contributed by atoms with Crippen LogP contribution in [0.25, 0.3) is 0 Å². The molecule has 0 aliphatic carbocycles. The zero-order valence-electron chi connectivity index (χ0n) is 5.28. The average molecular weight is 147 g/mol. The van der Waals surface area contributed by atoms with Crippen molar-refractivity contribution < 1.29 is 19.7 Å². The molecule has 0 saturated carbocycles. The molecule has 0 spiro atoms. The molecule has 0 aromatic carbocycles. The first-order valence-electron chi connectivity index (χ1n) is 2.99. The number of β-amino-alcohol motifs (C(OH)–C–C–N with tert-alkyl or cyclic N) is 1. The predicted molar refractivity (Wildman–Crippen MR) is 31.5 cm³/mol. The highest BCUT2D eigenvalue weighted by molar-refractivity contribution is 5.57. The number of aliphatic hydroxyl groups excluding tert-OH is 1. The van der Waals surface area contributed by atoms with Crippen molar-refractivity contribution in [1.82, 2.24) is 5.32 Å². The van der Waals surface area contributed by atoms with Crippen LogP contribution in [0.3, 0.4) is 0 Å². The van der Waals surface area contributed by atoms with Crippen molar-refractivity contribution in [3.05, 3.63) is 0 Å². The van der Waals surface area contributed by atoms with Gasteiger partial charge in [0, 0.05) is 13.0 Å². The van der Waals surface area contributed by atoms with Gasteiger partial charge in [-0.15, -0.1) is 0 Å². The van der Waals surface area contributed by atoms with E-state index in [9.17, 15) is 4.79 Å². The lowest BCUT2D eigenvalue weighted by atomic mass is 10.3. The topological polar surface area (TPSA) is 78.8 Å². The van der Waals surface area contributed by atoms with Gasteiger partial charge in [-0.2, -0.15) is 0 Å². The summed E-state index contributed by atoms with van der Waals surface area (Å²) in [7, 11) is 0. The smallest absolute Gasteiger partial charge is 0.450 e. The summed E-state index contributed by atoms with van der Waals surface area (Å²) < 4.78 is 4.33. The van der Waals surface area contributed by atoms with Crippen molar-refractivity contribution in [2.45, 2.75) is 18.8 Å². The standard InChI is InChI=1S/C5H9NO4/c7-3-1-4(6-2-3)10-5(8)9/h3-4,6-7H,1-2H2,(H,8,9). The number of ether oxygens (including phenoxy) is 1. The second-order valence-electron chi connectivity index (χ2n) is 2.17. The highest BCUT2D eigenvalue weighted by atomic mass is 16.7. The molecule has 5 nitrogen and oxygen atoms in total. The van der Waals surface area contributed by atoms with E-state index in [1.54, 1.807) is 0 Å². The molecule has 1 saturated heterocycles. The zero-order chi connectivity index (χ0) is 7.56. The minimum Gasteiger partial charge on any atom is -0.450 e. The highest BCUT2D eigenvalue weighted by Gasteiger charge is 2.24. The Bertz CT molecular complexity index is 138. The van der Waals surface area contributed by atoms with E-state index in [0.29, 0.717) is 13.0 Å². The lowest BCUT2D eigenvalue weighted by Gasteiger charge is -2.06. The van der Waals surface area contributed by atoms with E-state index in [-0.39, 0.29) is 0 Å². The van der Waals surface area contributed by atoms with Crippen molar-refractivity contribution >= 4 is 6.16 Å². The second kappa shape index (κ2) is 2.85. The van der Waals surface area contributed by atoms with Crippen LogP contribution in [0.4, 0.5) is 4.79 Å². The van der Waals surface area contributed by atoms with Crippen LogP contribution in [0.2, 0.25) is 0 Å². The number of carboxylic acid groups (broad SMARTS) is 1. The lowest BCUT2D eigenvalue weighted by molar-refractivity contribution is 0.0405. The average Bonchev–Trinajstić information content (AvgIpc) is 2.13. The molecule has 0 aromatic heterocycles. The molecule has 1 fully saturated rings. The van der Waals surface area contributed by atoms with Gasteiger partial charge in [0.1, 0.15) is 0 Å². The fourth-order valence-corrected chi connectivity index (χ4v) is 0.893. The van der Waals surface area contributed by atoms with Crippen LogP contribution in [0.5, 0.6) is 0 Å². The molecule has 0 radical (unpaired) electrons. The molecule has 2 unspecified atom stereocenters. The summed E-state index contributed by atoms with van der Waals surface area (Å²) in [4.78, 5) is 9.92. The molecular weight excluding hydrogens is 138 g/mol. The normalized spacial score (nSPS) is 32.1. The summed E-state index contributed by atoms with van der Waals surface area (Å²) in [6.07, 6.45) is -1.99. The van der Waals surface area contributed by atoms with Crippen molar-refractivity contribution in [2.75, 3.05) is 6.54 Å². The maximum Gasteiger partial charge on any atom is 0.507 e. The molecule has 0 amide bonds. The third kappa shape index (κ3) is 1.85. The monoisotopic (exact) mass is 147 g/mol. The third-order valence-electron chi connectivity index (χ3n) is 1.31. The van der Waals surface area contributed by atoms with E-state index in [1.807, 2.05) is 0 Å². The Morgan fingerprint density at radius 2 is 2.40 bits per heavy atom. The van der Waals surface area contributed by atoms with Gasteiger partial charge in [-0.05, 0) is 0 Å². The summed E-state index contributed by atoms with van der Waals surface area (Å²) in [5.41, 5.74) is 0. The minimum absolute atomic E-state index is 0.340. The number of aliphatic hydroxyl groups is 1. The van der Waals surface area contributed by atoms with Gasteiger partial charge in [-0.25, -0.2) is 4.79 Å². The van der Waals surface area contributed by atoms with Gasteiger partial charge >= 0.3 is 6.16 Å². The molecular formula is C5H9NO4. The number of hydrogen-bond donors (Lipinski definition) is 3. The number of hydrogen-bond acceptors (Lipinski definition) is 4. The quantitative estimate of drug-likeness (QED) is 0.430. The SMILES string of the molecule is O=C(O)OC1CC(O)CN1. The van der Waals surface area contributed by atoms with Gasteiger partial charge in [0.2, 0.25) is 0 Å². The highest BCUT2D eigenvalue weighted by Crippen LogP contribution is 2.06. The van der Waals surface area contributed by atoms with Crippen LogP contribution in [-0.4, -0.2) is 35.2 Å². The Balaban J connectivity index is 2.24. The van der Waals surface area contributed by atoms with Gasteiger partial charge < -0.3 is 14.9 Å². The largest absolute Gasteiger partial charge is 0.507 e. The van der Waals surface area contributed by atoms with Crippen LogP contribution in [0.15, 0.2) is 0 Å². The van der Waals surface area contributed by atoms with E-state index in [2.05, 4.69) is 10.1 Å². The third-order valence-corrected chi connectivity index (χ3v) is 1.31. The molecule has 3 N–H and O–H groups in total. The predicted octanol–water partition coefficient (Wildman–Crippen LogP) is -0.639. The Morgan fingerprint density at radius 1 is 1.70 bits per heavy atom. The Morgan fingerprint density at radius 3 is 2.80 bits per heavy atom. The van der Waals surface area contributed by atoms with Crippen LogP contribution in [0.1, 0.15) is 6.42 Å². The van der Waals surface area contributed by atoms with Crippen molar-refractivity contribution in [2.24, 2.45) is 0 Å². The van der Waals surface area contributed by atoms with Crippen molar-refractivity contribution in [3.8, 4) is 0 Å². The molecule has 5 heteroatoms. The summed E-state index contributed by atoms with van der Waals surface area (Å²) in [6.45, 7) is 0.401. The van der Waals surface area contributed by atoms with E-state index < -0.39 is 18.5 Å². The lowest BCUT2D eigenvalue weighted by Crippen LogP contribution is -2.26. The Hall–Kier alpha value is -0.810. The zero-order valence-corrected chi connectivity index (χ0v) is 5.28. The molecule has 1 heterocycles. The van der Waals surface area contributed by atoms with Gasteiger partial charge in [0.25, 0.3) is 0 Å². The van der Waals surface area contributed by atoms with Gasteiger partial charge in [-0.3, -0.25) is 5.32 Å². The second-order valence-corrected chi connectivity index (χ2v) is 2.17. The molecule has 58 valence electrons. The van der Waals surface area contributed by atoms with Crippen LogP contribution >= 0.6 is 0 Å². The van der Waals surface area contributed by atoms with Crippen molar-refractivity contribution in [3.63, 3.8) is 0 Å². The molecule has 2 atom stereocenters. The first-order chi connectivity index (χ1) is 4.68. The fraction of sp³-hybridized carbons (Fsp3) is 0.800. The van der Waals surface area contributed by atoms with Gasteiger partial charge in [0.05, 0.1) is 6.10 Å². The molecule has 1 aliphatic heterocycles. The minimum atomic E-state index is -1.31. The Labute approximate surface area is 57.6 Å². The van der Waals surface area contributed by atoms with E-state index in [0.717, 1.165) is 0 Å². The number of nitrogens with one attached hydrogen (secondary N) is 1. The number of rotatable bonds is 1. The molecule has 1 aliphatic rings. The van der Waals surface area contributed by atoms with Crippen molar-refractivity contribution in [1.29, 1.82) is 0 Å². The van der Waals surface area contributed by atoms with Gasteiger partial charge in [0.15, 0.2) is 6.23 Å². The maximum absolute atomic E-state index is 9.92. The molecule has 10 heavy (non-hydrogen) atoms. The van der Waals surface area contributed by atoms with Crippen LogP contribution in [-0.2, 0) is 4.74 Å². The van der Waals surface area contributed by atoms with Crippen LogP contribution in [0, 0.1) is 0 Å². The van der Waals surface area contributed by atoms with E-state index in [4.69, 9.17) is 10.2 Å². The summed E-state index contributed by atoms with van der Waals surface area (Å²) in [5, 5.41) is 19.7. The molecule has 0 aromatic rings. The van der Waals surface area contributed by atoms with Crippen LogP contribution < -0.4 is 5.32 Å². The molecule has 0 bridgehead atoms. The van der Waals surface area contributed by atoms with E-state index in [1.165, 1.54) is 0 Å². The first kappa shape index (κ1) is 7.30. The van der Waals surface area contributed by atoms with E-state index >= 15 is 0 Å². The maximum atomic E-state index is 9.92. The fourth-order valence-electron chi connectivity index (χ4n) is 0.893.